The Bertz CT molecular complexity index is 280. The van der Waals surface area contributed by atoms with E-state index in [0.717, 1.165) is 38.5 Å². The van der Waals surface area contributed by atoms with E-state index in [1.165, 1.54) is 0 Å². The van der Waals surface area contributed by atoms with Crippen LogP contribution in [0.5, 0.6) is 0 Å². The first-order valence-electron chi connectivity index (χ1n) is 5.52. The maximum Gasteiger partial charge on any atom is 0.133 e. The van der Waals surface area contributed by atoms with Crippen LogP contribution in [0.2, 0.25) is 0 Å². The molecule has 0 radical (unpaired) electrons. The largest absolute Gasteiger partial charge is 0.300 e. The Kier molecular flexibility index (Phi) is 5.56. The van der Waals surface area contributed by atoms with Crippen molar-refractivity contribution in [1.82, 2.24) is 0 Å². The fourth-order valence-corrected chi connectivity index (χ4v) is 1.79. The zero-order valence-electron chi connectivity index (χ0n) is 8.93. The van der Waals surface area contributed by atoms with Gasteiger partial charge in [0, 0.05) is 24.3 Å². The van der Waals surface area contributed by atoms with E-state index in [1.807, 2.05) is 0 Å². The third-order valence-electron chi connectivity index (χ3n) is 2.63. The molecule has 1 aliphatic carbocycles. The monoisotopic (exact) mass is 207 g/mol. The fourth-order valence-electron chi connectivity index (χ4n) is 1.79. The number of azide groups is 1. The molecule has 0 saturated heterocycles. The Morgan fingerprint density at radius 2 is 2.40 bits per heavy atom. The highest BCUT2D eigenvalue weighted by atomic mass is 16.1. The number of ketones is 1. The average molecular weight is 207 g/mol. The van der Waals surface area contributed by atoms with Gasteiger partial charge >= 0.3 is 0 Å². The molecule has 0 N–H and O–H groups in total. The molecule has 1 rings (SSSR count). The van der Waals surface area contributed by atoms with E-state index in [1.54, 1.807) is 0 Å². The standard InChI is InChI=1S/C11H17N3O/c12-14-13-8-4-2-1-3-5-10-6-7-11(15)9-10/h3,5,10H,1-2,4,6-9H2/b5-3+. The first-order valence-corrected chi connectivity index (χ1v) is 5.52. The highest BCUT2D eigenvalue weighted by molar-refractivity contribution is 5.80. The van der Waals surface area contributed by atoms with Crippen LogP contribution in [0.15, 0.2) is 17.3 Å². The van der Waals surface area contributed by atoms with Gasteiger partial charge in [-0.25, -0.2) is 0 Å². The van der Waals surface area contributed by atoms with Gasteiger partial charge in [0.1, 0.15) is 5.78 Å². The van der Waals surface area contributed by atoms with E-state index >= 15 is 0 Å². The number of hydrogen-bond acceptors (Lipinski definition) is 2. The van der Waals surface area contributed by atoms with E-state index < -0.39 is 0 Å². The van der Waals surface area contributed by atoms with Crippen molar-refractivity contribution < 1.29 is 4.79 Å². The molecule has 1 fully saturated rings. The van der Waals surface area contributed by atoms with Gasteiger partial charge in [-0.2, -0.15) is 0 Å². The second kappa shape index (κ2) is 7.07. The molecule has 1 saturated carbocycles. The third-order valence-corrected chi connectivity index (χ3v) is 2.63. The van der Waals surface area contributed by atoms with Gasteiger partial charge in [0.2, 0.25) is 0 Å². The summed E-state index contributed by atoms with van der Waals surface area (Å²) in [5.74, 6) is 0.877. The molecular weight excluding hydrogens is 190 g/mol. The van der Waals surface area contributed by atoms with Crippen molar-refractivity contribution in [3.8, 4) is 0 Å². The van der Waals surface area contributed by atoms with Crippen LogP contribution in [0.1, 0.15) is 38.5 Å². The minimum absolute atomic E-state index is 0.396. The minimum Gasteiger partial charge on any atom is -0.300 e. The summed E-state index contributed by atoms with van der Waals surface area (Å²) >= 11 is 0. The van der Waals surface area contributed by atoms with Crippen molar-refractivity contribution in [2.75, 3.05) is 6.54 Å². The van der Waals surface area contributed by atoms with Gasteiger partial charge in [0.25, 0.3) is 0 Å². The molecule has 4 heteroatoms. The van der Waals surface area contributed by atoms with Crippen LogP contribution < -0.4 is 0 Å². The van der Waals surface area contributed by atoms with Gasteiger partial charge < -0.3 is 0 Å². The Hall–Kier alpha value is -1.28. The molecule has 1 unspecified atom stereocenters. The van der Waals surface area contributed by atoms with Gasteiger partial charge in [-0.1, -0.05) is 17.3 Å². The van der Waals surface area contributed by atoms with Crippen LogP contribution in [-0.4, -0.2) is 12.3 Å². The summed E-state index contributed by atoms with van der Waals surface area (Å²) in [5, 5.41) is 3.47. The molecule has 0 aliphatic heterocycles. The Labute approximate surface area is 90.0 Å². The maximum absolute atomic E-state index is 11.0. The fraction of sp³-hybridized carbons (Fsp3) is 0.727. The van der Waals surface area contributed by atoms with Gasteiger partial charge in [0.05, 0.1) is 0 Å². The van der Waals surface area contributed by atoms with Crippen LogP contribution in [0, 0.1) is 5.92 Å². The molecule has 0 heterocycles. The van der Waals surface area contributed by atoms with Gasteiger partial charge in [0.15, 0.2) is 0 Å². The van der Waals surface area contributed by atoms with Crippen LogP contribution in [0.4, 0.5) is 0 Å². The number of Topliss-reactive ketones (excluding diaryl/α,β-unsaturated/α-hetero) is 1. The predicted octanol–water partition coefficient (Wildman–Crippen LogP) is 3.39. The van der Waals surface area contributed by atoms with Crippen molar-refractivity contribution >= 4 is 5.78 Å². The highest BCUT2D eigenvalue weighted by Gasteiger charge is 2.18. The predicted molar refractivity (Wildman–Crippen MR) is 59.4 cm³/mol. The molecule has 0 bridgehead atoms. The van der Waals surface area contributed by atoms with Gasteiger partial charge in [-0.15, -0.1) is 0 Å². The zero-order chi connectivity index (χ0) is 10.9. The van der Waals surface area contributed by atoms with Gasteiger partial charge in [-0.3, -0.25) is 4.79 Å². The third kappa shape index (κ3) is 5.23. The molecule has 1 atom stereocenters. The lowest BCUT2D eigenvalue weighted by molar-refractivity contribution is -0.117. The van der Waals surface area contributed by atoms with Crippen LogP contribution in [0.25, 0.3) is 10.4 Å². The lowest BCUT2D eigenvalue weighted by Crippen LogP contribution is -1.90. The number of nitrogens with zero attached hydrogens (tertiary/aromatic N) is 3. The number of rotatable bonds is 6. The van der Waals surface area contributed by atoms with Crippen molar-refractivity contribution in [3.63, 3.8) is 0 Å². The van der Waals surface area contributed by atoms with Crippen molar-refractivity contribution in [1.29, 1.82) is 0 Å². The lowest BCUT2D eigenvalue weighted by Gasteiger charge is -1.98. The first kappa shape index (κ1) is 11.8. The molecular formula is C11H17N3O. The van der Waals surface area contributed by atoms with Gasteiger partial charge in [-0.05, 0) is 37.1 Å². The summed E-state index contributed by atoms with van der Waals surface area (Å²) < 4.78 is 0. The Balaban J connectivity index is 2.01. The number of allylic oxidation sites excluding steroid dienone is 2. The first-order chi connectivity index (χ1) is 7.33. The summed E-state index contributed by atoms with van der Waals surface area (Å²) in [7, 11) is 0. The molecule has 0 aromatic rings. The van der Waals surface area contributed by atoms with E-state index in [0.29, 0.717) is 18.2 Å². The smallest absolute Gasteiger partial charge is 0.133 e. The normalized spacial score (nSPS) is 20.8. The quantitative estimate of drug-likeness (QED) is 0.216. The molecule has 0 amide bonds. The van der Waals surface area contributed by atoms with Crippen molar-refractivity contribution in [3.05, 3.63) is 22.6 Å². The molecule has 0 aromatic carbocycles. The molecule has 0 aromatic heterocycles. The average Bonchev–Trinajstić information content (AvgIpc) is 2.63. The van der Waals surface area contributed by atoms with Crippen molar-refractivity contribution in [2.45, 2.75) is 38.5 Å². The minimum atomic E-state index is 0.396. The number of hydrogen-bond donors (Lipinski definition) is 0. The van der Waals surface area contributed by atoms with Crippen LogP contribution in [0.3, 0.4) is 0 Å². The SMILES string of the molecule is [N-]=[N+]=NCCCC/C=C/C1CCC(=O)C1. The summed E-state index contributed by atoms with van der Waals surface area (Å²) in [4.78, 5) is 13.7. The summed E-state index contributed by atoms with van der Waals surface area (Å²) in [6.45, 7) is 0.590. The maximum atomic E-state index is 11.0. The van der Waals surface area contributed by atoms with E-state index in [-0.39, 0.29) is 0 Å². The van der Waals surface area contributed by atoms with E-state index in [9.17, 15) is 4.79 Å². The van der Waals surface area contributed by atoms with Crippen molar-refractivity contribution in [2.24, 2.45) is 11.0 Å². The molecule has 4 nitrogen and oxygen atoms in total. The zero-order valence-corrected chi connectivity index (χ0v) is 8.93. The van der Waals surface area contributed by atoms with E-state index in [2.05, 4.69) is 22.2 Å². The number of carbonyl (C=O) groups excluding carboxylic acids is 1. The molecule has 0 spiro atoms. The second-order valence-corrected chi connectivity index (χ2v) is 3.92. The summed E-state index contributed by atoms with van der Waals surface area (Å²) in [6, 6.07) is 0. The highest BCUT2D eigenvalue weighted by Crippen LogP contribution is 2.23. The summed E-state index contributed by atoms with van der Waals surface area (Å²) in [6.07, 6.45) is 9.84. The van der Waals surface area contributed by atoms with Crippen LogP contribution in [-0.2, 0) is 4.79 Å². The number of carbonyl (C=O) groups is 1. The van der Waals surface area contributed by atoms with E-state index in [4.69, 9.17) is 5.53 Å². The Morgan fingerprint density at radius 3 is 3.07 bits per heavy atom. The Morgan fingerprint density at radius 1 is 1.53 bits per heavy atom. The summed E-state index contributed by atoms with van der Waals surface area (Å²) in [5.41, 5.74) is 8.05. The number of unbranched alkanes of at least 4 members (excludes halogenated alkanes) is 2. The topological polar surface area (TPSA) is 65.8 Å². The molecule has 1 aliphatic rings. The second-order valence-electron chi connectivity index (χ2n) is 3.92. The molecule has 82 valence electrons. The lowest BCUT2D eigenvalue weighted by atomic mass is 10.1. The molecule has 15 heavy (non-hydrogen) atoms. The van der Waals surface area contributed by atoms with Crippen LogP contribution >= 0.6 is 0 Å².